The average Bonchev–Trinajstić information content (AvgIpc) is 2.42. The van der Waals surface area contributed by atoms with Gasteiger partial charge in [-0.25, -0.2) is 0 Å². The van der Waals surface area contributed by atoms with E-state index in [1.165, 1.54) is 12.1 Å². The summed E-state index contributed by atoms with van der Waals surface area (Å²) in [6.07, 6.45) is 1.66. The molecule has 1 fully saturated rings. The summed E-state index contributed by atoms with van der Waals surface area (Å²) >= 11 is 6.60. The number of hydrogen-bond donors (Lipinski definition) is 0. The summed E-state index contributed by atoms with van der Waals surface area (Å²) in [5, 5.41) is 10.8. The molecule has 1 aromatic rings. The quantitative estimate of drug-likeness (QED) is 0.513. The zero-order valence-corrected chi connectivity index (χ0v) is 14.9. The van der Waals surface area contributed by atoms with Crippen LogP contribution < -0.4 is 4.74 Å². The third kappa shape index (κ3) is 2.73. The molecule has 0 spiro atoms. The normalized spacial score (nSPS) is 20.0. The fraction of sp³-hybridized carbons (Fsp3) is 0.500. The molecule has 1 unspecified atom stereocenters. The molecule has 1 aromatic carbocycles. The van der Waals surface area contributed by atoms with Crippen molar-refractivity contribution in [1.29, 1.82) is 0 Å². The minimum absolute atomic E-state index is 0.0250. The number of non-ortho nitro benzene ring substituents is 1. The Morgan fingerprint density at radius 3 is 2.24 bits per heavy atom. The fourth-order valence-corrected chi connectivity index (χ4v) is 4.13. The van der Waals surface area contributed by atoms with Crippen molar-refractivity contribution in [3.63, 3.8) is 0 Å². The van der Waals surface area contributed by atoms with Crippen LogP contribution in [0.1, 0.15) is 33.1 Å². The molecular weight excluding hydrogens is 406 g/mol. The zero-order chi connectivity index (χ0) is 15.8. The molecule has 0 heterocycles. The van der Waals surface area contributed by atoms with Gasteiger partial charge in [0.15, 0.2) is 0 Å². The van der Waals surface area contributed by atoms with E-state index in [9.17, 15) is 14.9 Å². The van der Waals surface area contributed by atoms with Gasteiger partial charge in [0, 0.05) is 18.6 Å². The van der Waals surface area contributed by atoms with Gasteiger partial charge >= 0.3 is 0 Å². The summed E-state index contributed by atoms with van der Waals surface area (Å²) in [5.74, 6) is 0.732. The van der Waals surface area contributed by atoms with Gasteiger partial charge in [-0.3, -0.25) is 14.9 Å². The molecule has 0 bridgehead atoms. The lowest BCUT2D eigenvalue weighted by Crippen LogP contribution is -2.56. The van der Waals surface area contributed by atoms with Crippen LogP contribution in [0.3, 0.4) is 0 Å². The summed E-state index contributed by atoms with van der Waals surface area (Å²) in [6.45, 7) is 3.97. The van der Waals surface area contributed by atoms with E-state index in [4.69, 9.17) is 4.74 Å². The first kappa shape index (κ1) is 16.4. The Morgan fingerprint density at radius 2 is 1.86 bits per heavy atom. The minimum Gasteiger partial charge on any atom is -0.487 e. The van der Waals surface area contributed by atoms with E-state index in [0.29, 0.717) is 21.1 Å². The predicted octanol–water partition coefficient (Wildman–Crippen LogP) is 4.65. The number of benzene rings is 1. The second-order valence-electron chi connectivity index (χ2n) is 5.09. The van der Waals surface area contributed by atoms with Crippen molar-refractivity contribution in [3.8, 4) is 5.75 Å². The lowest BCUT2D eigenvalue weighted by molar-refractivity contribution is -0.385. The van der Waals surface area contributed by atoms with Crippen molar-refractivity contribution in [2.45, 2.75) is 39.2 Å². The Balaban J connectivity index is 2.29. The lowest BCUT2D eigenvalue weighted by Gasteiger charge is -2.46. The third-order valence-electron chi connectivity index (χ3n) is 4.26. The maximum absolute atomic E-state index is 11.9. The molecule has 7 heteroatoms. The highest BCUT2D eigenvalue weighted by molar-refractivity contribution is 9.11. The summed E-state index contributed by atoms with van der Waals surface area (Å²) in [4.78, 5) is 22.3. The molecule has 2 rings (SSSR count). The first-order valence-corrected chi connectivity index (χ1v) is 8.27. The van der Waals surface area contributed by atoms with Crippen LogP contribution >= 0.6 is 31.9 Å². The molecule has 1 atom stereocenters. The van der Waals surface area contributed by atoms with Crippen LogP contribution in [0.5, 0.6) is 5.75 Å². The molecule has 0 N–H and O–H groups in total. The number of nitro groups is 1. The van der Waals surface area contributed by atoms with Crippen LogP contribution in [0.25, 0.3) is 0 Å². The largest absolute Gasteiger partial charge is 0.487 e. The van der Waals surface area contributed by atoms with Crippen molar-refractivity contribution in [3.05, 3.63) is 31.2 Å². The van der Waals surface area contributed by atoms with Gasteiger partial charge in [-0.2, -0.15) is 0 Å². The van der Waals surface area contributed by atoms with E-state index < -0.39 is 10.3 Å². The van der Waals surface area contributed by atoms with E-state index in [1.54, 1.807) is 0 Å². The fourth-order valence-electron chi connectivity index (χ4n) is 2.78. The second kappa shape index (κ2) is 6.04. The number of rotatable bonds is 5. The number of carbonyl (C=O) groups is 1. The van der Waals surface area contributed by atoms with Crippen molar-refractivity contribution in [2.75, 3.05) is 0 Å². The Labute approximate surface area is 139 Å². The van der Waals surface area contributed by atoms with Gasteiger partial charge in [-0.05, 0) is 44.7 Å². The van der Waals surface area contributed by atoms with Gasteiger partial charge in [0.25, 0.3) is 5.69 Å². The number of carbonyl (C=O) groups excluding carboxylic acids is 1. The summed E-state index contributed by atoms with van der Waals surface area (Å²) in [6, 6.07) is 2.81. The molecule has 0 radical (unpaired) electrons. The molecule has 0 saturated heterocycles. The summed E-state index contributed by atoms with van der Waals surface area (Å²) in [5.41, 5.74) is -0.455. The minimum atomic E-state index is -0.464. The van der Waals surface area contributed by atoms with Crippen LogP contribution in [0.15, 0.2) is 21.1 Å². The molecule has 5 nitrogen and oxygen atoms in total. The Morgan fingerprint density at radius 1 is 1.33 bits per heavy atom. The third-order valence-corrected chi connectivity index (χ3v) is 5.44. The van der Waals surface area contributed by atoms with E-state index in [0.717, 1.165) is 12.8 Å². The van der Waals surface area contributed by atoms with Crippen LogP contribution in [0, 0.1) is 15.5 Å². The number of ether oxygens (including phenoxy) is 1. The summed E-state index contributed by atoms with van der Waals surface area (Å²) in [7, 11) is 0. The van der Waals surface area contributed by atoms with Gasteiger partial charge in [0.1, 0.15) is 17.6 Å². The number of nitro benzene ring substituents is 1. The van der Waals surface area contributed by atoms with Crippen molar-refractivity contribution in [2.24, 2.45) is 5.41 Å². The van der Waals surface area contributed by atoms with Crippen molar-refractivity contribution in [1.82, 2.24) is 0 Å². The Kier molecular flexibility index (Phi) is 4.72. The molecule has 0 aromatic heterocycles. The number of hydrogen-bond acceptors (Lipinski definition) is 4. The topological polar surface area (TPSA) is 69.4 Å². The first-order chi connectivity index (χ1) is 9.85. The maximum atomic E-state index is 11.9. The molecule has 1 saturated carbocycles. The van der Waals surface area contributed by atoms with Crippen molar-refractivity contribution < 1.29 is 14.5 Å². The monoisotopic (exact) mass is 419 g/mol. The highest BCUT2D eigenvalue weighted by Gasteiger charge is 2.54. The molecular formula is C14H15Br2NO4. The molecule has 1 aliphatic rings. The highest BCUT2D eigenvalue weighted by Crippen LogP contribution is 2.48. The van der Waals surface area contributed by atoms with Gasteiger partial charge in [0.05, 0.1) is 19.3 Å². The van der Waals surface area contributed by atoms with Crippen LogP contribution in [0.4, 0.5) is 5.69 Å². The van der Waals surface area contributed by atoms with Gasteiger partial charge < -0.3 is 4.74 Å². The van der Waals surface area contributed by atoms with E-state index in [1.807, 2.05) is 13.8 Å². The number of ketones is 1. The number of nitrogens with zero attached hydrogens (tertiary/aromatic N) is 1. The van der Waals surface area contributed by atoms with Gasteiger partial charge in [-0.15, -0.1) is 0 Å². The SMILES string of the molecule is CCC1(CC)C(=O)CC1Oc1c(Br)cc([N+](=O)[O-])cc1Br. The molecule has 1 aliphatic carbocycles. The number of Topliss-reactive ketones (excluding diaryl/α,β-unsaturated/α-hetero) is 1. The van der Waals surface area contributed by atoms with Crippen LogP contribution in [-0.4, -0.2) is 16.8 Å². The van der Waals surface area contributed by atoms with Gasteiger partial charge in [-0.1, -0.05) is 13.8 Å². The van der Waals surface area contributed by atoms with Crippen molar-refractivity contribution >= 4 is 43.3 Å². The predicted molar refractivity (Wildman–Crippen MR) is 85.6 cm³/mol. The molecule has 21 heavy (non-hydrogen) atoms. The van der Waals surface area contributed by atoms with E-state index in [-0.39, 0.29) is 17.6 Å². The zero-order valence-electron chi connectivity index (χ0n) is 11.7. The Bertz CT molecular complexity index is 576. The lowest BCUT2D eigenvalue weighted by atomic mass is 9.61. The van der Waals surface area contributed by atoms with E-state index in [2.05, 4.69) is 31.9 Å². The standard InChI is InChI=1S/C14H15Br2NO4/c1-3-14(4-2)11(18)7-12(14)21-13-9(15)5-8(17(19)20)6-10(13)16/h5-6,12H,3-4,7H2,1-2H3. The summed E-state index contributed by atoms with van der Waals surface area (Å²) < 4.78 is 6.99. The first-order valence-electron chi connectivity index (χ1n) is 6.69. The number of halogens is 2. The Hall–Kier alpha value is -0.950. The van der Waals surface area contributed by atoms with Crippen LogP contribution in [0.2, 0.25) is 0 Å². The second-order valence-corrected chi connectivity index (χ2v) is 6.80. The molecule has 0 aliphatic heterocycles. The van der Waals surface area contributed by atoms with E-state index >= 15 is 0 Å². The smallest absolute Gasteiger partial charge is 0.271 e. The van der Waals surface area contributed by atoms with Gasteiger partial charge in [0.2, 0.25) is 0 Å². The molecule has 114 valence electrons. The highest BCUT2D eigenvalue weighted by atomic mass is 79.9. The molecule has 0 amide bonds. The van der Waals surface area contributed by atoms with Crippen LogP contribution in [-0.2, 0) is 4.79 Å². The maximum Gasteiger partial charge on any atom is 0.271 e. The average molecular weight is 421 g/mol.